The van der Waals surface area contributed by atoms with Crippen LogP contribution in [0.2, 0.25) is 0 Å². The second-order valence-electron chi connectivity index (χ2n) is 9.73. The van der Waals surface area contributed by atoms with E-state index in [0.717, 1.165) is 17.8 Å². The largest absolute Gasteiger partial charge is 0.310 e. The fourth-order valence-electron chi connectivity index (χ4n) is 6.08. The van der Waals surface area contributed by atoms with Crippen molar-refractivity contribution in [2.75, 3.05) is 4.90 Å². The Morgan fingerprint density at radius 2 is 1.19 bits per heavy atom. The van der Waals surface area contributed by atoms with Gasteiger partial charge in [-0.05, 0) is 76.3 Å². The third-order valence-electron chi connectivity index (χ3n) is 7.66. The predicted octanol–water partition coefficient (Wildman–Crippen LogP) is 10.2. The van der Waals surface area contributed by atoms with Crippen molar-refractivity contribution in [3.05, 3.63) is 139 Å². The topological polar surface area (TPSA) is 3.24 Å². The molecule has 0 amide bonds. The van der Waals surface area contributed by atoms with Gasteiger partial charge in [-0.3, -0.25) is 0 Å². The summed E-state index contributed by atoms with van der Waals surface area (Å²) in [6.45, 7) is 0. The van der Waals surface area contributed by atoms with Gasteiger partial charge in [-0.2, -0.15) is 0 Å². The van der Waals surface area contributed by atoms with E-state index >= 15 is 0 Å². The van der Waals surface area contributed by atoms with Gasteiger partial charge in [-0.1, -0.05) is 84.9 Å². The molecule has 1 aliphatic rings. The Kier molecular flexibility index (Phi) is 4.52. The SMILES string of the molecule is c1ccc(N(c2ccccc2)c2ccc3sc4c5c(c6ccccc6c4c3c2)Cc2ccccc2-5)cc1. The number of nitrogens with zero attached hydrogens (tertiary/aromatic N) is 1. The van der Waals surface area contributed by atoms with Crippen LogP contribution < -0.4 is 4.90 Å². The minimum atomic E-state index is 1.01. The molecule has 1 nitrogen and oxygen atoms in total. The van der Waals surface area contributed by atoms with Crippen LogP contribution in [0.25, 0.3) is 42.1 Å². The average molecular weight is 490 g/mol. The van der Waals surface area contributed by atoms with Gasteiger partial charge >= 0.3 is 0 Å². The Bertz CT molecular complexity index is 1910. The van der Waals surface area contributed by atoms with Gasteiger partial charge in [0, 0.05) is 42.8 Å². The van der Waals surface area contributed by atoms with Crippen LogP contribution in [0, 0.1) is 0 Å². The van der Waals surface area contributed by atoms with Gasteiger partial charge in [0.25, 0.3) is 0 Å². The van der Waals surface area contributed by atoms with Crippen molar-refractivity contribution in [2.45, 2.75) is 6.42 Å². The normalized spacial score (nSPS) is 12.2. The van der Waals surface area contributed by atoms with E-state index in [1.165, 1.54) is 58.9 Å². The lowest BCUT2D eigenvalue weighted by Gasteiger charge is -2.25. The van der Waals surface area contributed by atoms with Crippen LogP contribution in [0.4, 0.5) is 17.1 Å². The molecule has 0 aliphatic heterocycles. The summed E-state index contributed by atoms with van der Waals surface area (Å²) in [4.78, 5) is 2.35. The van der Waals surface area contributed by atoms with Gasteiger partial charge in [0.2, 0.25) is 0 Å². The number of benzene rings is 6. The first-order valence-corrected chi connectivity index (χ1v) is 13.6. The molecular weight excluding hydrogens is 466 g/mol. The van der Waals surface area contributed by atoms with Gasteiger partial charge in [-0.15, -0.1) is 11.3 Å². The first kappa shape index (κ1) is 20.8. The first-order valence-electron chi connectivity index (χ1n) is 12.8. The van der Waals surface area contributed by atoms with Crippen LogP contribution in [-0.2, 0) is 6.42 Å². The summed E-state index contributed by atoms with van der Waals surface area (Å²) >= 11 is 1.94. The molecule has 0 bridgehead atoms. The molecule has 0 N–H and O–H groups in total. The molecule has 7 aromatic rings. The highest BCUT2D eigenvalue weighted by atomic mass is 32.1. The summed E-state index contributed by atoms with van der Waals surface area (Å²) < 4.78 is 2.75. The summed E-state index contributed by atoms with van der Waals surface area (Å²) in [7, 11) is 0. The van der Waals surface area contributed by atoms with E-state index in [4.69, 9.17) is 0 Å². The predicted molar refractivity (Wildman–Crippen MR) is 160 cm³/mol. The van der Waals surface area contributed by atoms with Crippen LogP contribution in [-0.4, -0.2) is 0 Å². The van der Waals surface area contributed by atoms with Crippen LogP contribution in [0.1, 0.15) is 11.1 Å². The maximum atomic E-state index is 2.40. The van der Waals surface area contributed by atoms with E-state index in [2.05, 4.69) is 132 Å². The molecule has 0 fully saturated rings. The number of hydrogen-bond acceptors (Lipinski definition) is 2. The average Bonchev–Trinajstić information content (AvgIpc) is 3.53. The van der Waals surface area contributed by atoms with Gasteiger partial charge in [0.05, 0.1) is 0 Å². The van der Waals surface area contributed by atoms with Crippen LogP contribution in [0.5, 0.6) is 0 Å². The number of thiophene rings is 1. The van der Waals surface area contributed by atoms with E-state index in [-0.39, 0.29) is 0 Å². The third kappa shape index (κ3) is 3.09. The number of anilines is 3. The molecule has 6 aromatic carbocycles. The minimum absolute atomic E-state index is 1.01. The molecule has 0 saturated heterocycles. The number of hydrogen-bond donors (Lipinski definition) is 0. The number of para-hydroxylation sites is 2. The van der Waals surface area contributed by atoms with E-state index in [0.29, 0.717) is 0 Å². The summed E-state index contributed by atoms with van der Waals surface area (Å²) in [6, 6.07) is 46.2. The molecule has 1 aromatic heterocycles. The van der Waals surface area contributed by atoms with E-state index in [1.54, 1.807) is 0 Å². The van der Waals surface area contributed by atoms with Gasteiger partial charge < -0.3 is 4.90 Å². The molecule has 0 saturated carbocycles. The molecule has 0 radical (unpaired) electrons. The van der Waals surface area contributed by atoms with Crippen molar-refractivity contribution in [1.29, 1.82) is 0 Å². The lowest BCUT2D eigenvalue weighted by molar-refractivity contribution is 1.29. The molecule has 1 aliphatic carbocycles. The highest BCUT2D eigenvalue weighted by Crippen LogP contribution is 2.51. The van der Waals surface area contributed by atoms with Crippen molar-refractivity contribution >= 4 is 59.3 Å². The zero-order chi connectivity index (χ0) is 24.3. The molecule has 2 heteroatoms. The van der Waals surface area contributed by atoms with Gasteiger partial charge in [-0.25, -0.2) is 0 Å². The Hall–Kier alpha value is -4.40. The molecule has 1 heterocycles. The van der Waals surface area contributed by atoms with Crippen molar-refractivity contribution < 1.29 is 0 Å². The van der Waals surface area contributed by atoms with Crippen LogP contribution in [0.3, 0.4) is 0 Å². The number of rotatable bonds is 3. The Balaban J connectivity index is 1.46. The molecule has 0 spiro atoms. The fraction of sp³-hybridized carbons (Fsp3) is 0.0286. The molecule has 37 heavy (non-hydrogen) atoms. The zero-order valence-electron chi connectivity index (χ0n) is 20.2. The molecule has 8 rings (SSSR count). The Morgan fingerprint density at radius 1 is 0.541 bits per heavy atom. The zero-order valence-corrected chi connectivity index (χ0v) is 21.0. The molecular formula is C35H23NS. The van der Waals surface area contributed by atoms with Gasteiger partial charge in [0.1, 0.15) is 0 Å². The third-order valence-corrected chi connectivity index (χ3v) is 8.85. The molecule has 0 unspecified atom stereocenters. The number of fused-ring (bicyclic) bond motifs is 10. The van der Waals surface area contributed by atoms with Crippen LogP contribution in [0.15, 0.2) is 127 Å². The Morgan fingerprint density at radius 3 is 1.95 bits per heavy atom. The van der Waals surface area contributed by atoms with Crippen LogP contribution >= 0.6 is 11.3 Å². The smallest absolute Gasteiger partial charge is 0.0468 e. The standard InChI is InChI=1S/C35H23NS/c1-3-12-24(13-4-1)36(25-14-5-2-6-15-25)26-19-20-32-31(22-26)34-29-18-10-9-17-28(29)30-21-23-11-7-8-16-27(23)33(30)35(34)37-32/h1-20,22H,21H2. The van der Waals surface area contributed by atoms with Crippen molar-refractivity contribution in [3.8, 4) is 11.1 Å². The summed E-state index contributed by atoms with van der Waals surface area (Å²) in [5.74, 6) is 0. The maximum absolute atomic E-state index is 2.40. The monoisotopic (exact) mass is 489 g/mol. The summed E-state index contributed by atoms with van der Waals surface area (Å²) in [5.41, 5.74) is 9.25. The summed E-state index contributed by atoms with van der Waals surface area (Å²) in [6.07, 6.45) is 1.01. The second kappa shape index (κ2) is 8.06. The first-order chi connectivity index (χ1) is 18.4. The Labute approximate surface area is 219 Å². The van der Waals surface area contributed by atoms with E-state index in [1.807, 2.05) is 11.3 Å². The van der Waals surface area contributed by atoms with E-state index < -0.39 is 0 Å². The minimum Gasteiger partial charge on any atom is -0.310 e. The van der Waals surface area contributed by atoms with Crippen molar-refractivity contribution in [1.82, 2.24) is 0 Å². The van der Waals surface area contributed by atoms with Crippen molar-refractivity contribution in [3.63, 3.8) is 0 Å². The second-order valence-corrected chi connectivity index (χ2v) is 10.8. The molecule has 0 atom stereocenters. The lowest BCUT2D eigenvalue weighted by atomic mass is 9.94. The highest BCUT2D eigenvalue weighted by molar-refractivity contribution is 7.26. The highest BCUT2D eigenvalue weighted by Gasteiger charge is 2.26. The van der Waals surface area contributed by atoms with Crippen molar-refractivity contribution in [2.24, 2.45) is 0 Å². The maximum Gasteiger partial charge on any atom is 0.0468 e. The lowest BCUT2D eigenvalue weighted by Crippen LogP contribution is -2.09. The van der Waals surface area contributed by atoms with Gasteiger partial charge in [0.15, 0.2) is 0 Å². The molecule has 174 valence electrons. The van der Waals surface area contributed by atoms with E-state index in [9.17, 15) is 0 Å². The quantitative estimate of drug-likeness (QED) is 0.239. The summed E-state index contributed by atoms with van der Waals surface area (Å²) in [5, 5.41) is 5.46. The fourth-order valence-corrected chi connectivity index (χ4v) is 7.37.